The van der Waals surface area contributed by atoms with Crippen molar-refractivity contribution in [2.45, 2.75) is 0 Å². The van der Waals surface area contributed by atoms with Crippen molar-refractivity contribution in [1.82, 2.24) is 5.32 Å². The number of hydrogen-bond acceptors (Lipinski definition) is 7. The Morgan fingerprint density at radius 3 is 2.67 bits per heavy atom. The van der Waals surface area contributed by atoms with Gasteiger partial charge in [-0.25, -0.2) is 4.99 Å². The van der Waals surface area contributed by atoms with E-state index < -0.39 is 4.92 Å². The highest BCUT2D eigenvalue weighted by molar-refractivity contribution is 8.18. The molecule has 3 aromatic rings. The molecule has 1 aliphatic rings. The van der Waals surface area contributed by atoms with Crippen LogP contribution in [-0.2, 0) is 4.79 Å². The van der Waals surface area contributed by atoms with E-state index in [1.165, 1.54) is 23.9 Å². The molecule has 33 heavy (non-hydrogen) atoms. The van der Waals surface area contributed by atoms with Gasteiger partial charge in [0.25, 0.3) is 11.6 Å². The molecule has 0 bridgehead atoms. The lowest BCUT2D eigenvalue weighted by atomic mass is 10.2. The normalized spacial score (nSPS) is 15.3. The average molecular weight is 477 g/mol. The zero-order valence-corrected chi connectivity index (χ0v) is 18.3. The first-order chi connectivity index (χ1) is 15.9. The van der Waals surface area contributed by atoms with Crippen LogP contribution in [0.2, 0.25) is 5.02 Å². The maximum Gasteiger partial charge on any atom is 0.271 e. The van der Waals surface area contributed by atoms with Gasteiger partial charge in [0.05, 0.1) is 15.5 Å². The van der Waals surface area contributed by atoms with Crippen LogP contribution >= 0.6 is 23.4 Å². The van der Waals surface area contributed by atoms with Crippen LogP contribution in [0.5, 0.6) is 11.5 Å². The van der Waals surface area contributed by atoms with E-state index in [-0.39, 0.29) is 22.9 Å². The Hall–Kier alpha value is -4.13. The van der Waals surface area contributed by atoms with E-state index in [1.807, 2.05) is 6.07 Å². The molecule has 1 fully saturated rings. The van der Waals surface area contributed by atoms with Crippen LogP contribution < -0.4 is 10.1 Å². The minimum atomic E-state index is -0.577. The number of nitro benzene ring substituents is 1. The summed E-state index contributed by atoms with van der Waals surface area (Å²) in [5.41, 5.74) is 1.20. The summed E-state index contributed by atoms with van der Waals surface area (Å²) in [6.07, 6.45) is 1.69. The molecular weight excluding hydrogens is 464 g/mol. The number of nitrogens with zero attached hydrogens (tertiary/aromatic N) is 3. The van der Waals surface area contributed by atoms with Gasteiger partial charge in [0.15, 0.2) is 5.17 Å². The topological polar surface area (TPSA) is 118 Å². The van der Waals surface area contributed by atoms with Crippen molar-refractivity contribution in [1.29, 1.82) is 5.26 Å². The Labute approximate surface area is 197 Å². The highest BCUT2D eigenvalue weighted by Crippen LogP contribution is 2.31. The Bertz CT molecular complexity index is 1360. The SMILES string of the molecule is N#Cc1cc([N+](=O)[O-])ccc1Oc1cccc(/C=C2\SC(=Nc3ccc(Cl)cc3)NC2=O)c1. The molecule has 1 heterocycles. The van der Waals surface area contributed by atoms with Crippen LogP contribution in [0.1, 0.15) is 11.1 Å². The number of aliphatic imine (C=N–C) groups is 1. The maximum absolute atomic E-state index is 12.4. The van der Waals surface area contributed by atoms with Gasteiger partial charge in [0.1, 0.15) is 23.1 Å². The quantitative estimate of drug-likeness (QED) is 0.282. The van der Waals surface area contributed by atoms with Gasteiger partial charge in [0, 0.05) is 17.2 Å². The fourth-order valence-electron chi connectivity index (χ4n) is 2.87. The number of nitriles is 1. The summed E-state index contributed by atoms with van der Waals surface area (Å²) in [7, 11) is 0. The van der Waals surface area contributed by atoms with Crippen molar-refractivity contribution < 1.29 is 14.5 Å². The van der Waals surface area contributed by atoms with Crippen molar-refractivity contribution in [3.8, 4) is 17.6 Å². The van der Waals surface area contributed by atoms with E-state index in [1.54, 1.807) is 54.6 Å². The van der Waals surface area contributed by atoms with Crippen molar-refractivity contribution in [3.05, 3.63) is 97.9 Å². The molecule has 1 N–H and O–H groups in total. The number of amides is 1. The number of carbonyl (C=O) groups is 1. The van der Waals surface area contributed by atoms with E-state index >= 15 is 0 Å². The number of nitro groups is 1. The lowest BCUT2D eigenvalue weighted by Gasteiger charge is -2.08. The molecule has 162 valence electrons. The summed E-state index contributed by atoms with van der Waals surface area (Å²) in [4.78, 5) is 27.5. The van der Waals surface area contributed by atoms with Gasteiger partial charge in [-0.2, -0.15) is 5.26 Å². The first-order valence-corrected chi connectivity index (χ1v) is 10.6. The van der Waals surface area contributed by atoms with Crippen LogP contribution in [-0.4, -0.2) is 16.0 Å². The Morgan fingerprint density at radius 2 is 1.94 bits per heavy atom. The van der Waals surface area contributed by atoms with Crippen LogP contribution in [0.3, 0.4) is 0 Å². The van der Waals surface area contributed by atoms with Gasteiger partial charge in [0.2, 0.25) is 0 Å². The monoisotopic (exact) mass is 476 g/mol. The number of nitrogens with one attached hydrogen (secondary N) is 1. The Morgan fingerprint density at radius 1 is 1.15 bits per heavy atom. The van der Waals surface area contributed by atoms with Crippen molar-refractivity contribution >= 4 is 51.9 Å². The third-order valence-electron chi connectivity index (χ3n) is 4.39. The molecule has 0 spiro atoms. The summed E-state index contributed by atoms with van der Waals surface area (Å²) >= 11 is 7.08. The smallest absolute Gasteiger partial charge is 0.271 e. The fraction of sp³-hybridized carbons (Fsp3) is 0. The van der Waals surface area contributed by atoms with Gasteiger partial charge in [-0.15, -0.1) is 0 Å². The third-order valence-corrected chi connectivity index (χ3v) is 5.55. The highest BCUT2D eigenvalue weighted by Gasteiger charge is 2.24. The van der Waals surface area contributed by atoms with Gasteiger partial charge in [-0.1, -0.05) is 23.7 Å². The molecular formula is C23H13ClN4O4S. The number of ether oxygens (including phenoxy) is 1. The number of benzene rings is 3. The number of halogens is 1. The van der Waals surface area contributed by atoms with Gasteiger partial charge >= 0.3 is 0 Å². The summed E-state index contributed by atoms with van der Waals surface area (Å²) in [6, 6.07) is 19.5. The molecule has 1 aliphatic heterocycles. The molecule has 4 rings (SSSR count). The fourth-order valence-corrected chi connectivity index (χ4v) is 3.84. The molecule has 0 saturated carbocycles. The molecule has 0 radical (unpaired) electrons. The number of carbonyl (C=O) groups excluding carboxylic acids is 1. The van der Waals surface area contributed by atoms with Gasteiger partial charge in [-0.05, 0) is 65.9 Å². The highest BCUT2D eigenvalue weighted by atomic mass is 35.5. The molecule has 1 saturated heterocycles. The number of rotatable bonds is 5. The maximum atomic E-state index is 12.4. The summed E-state index contributed by atoms with van der Waals surface area (Å²) in [6.45, 7) is 0. The lowest BCUT2D eigenvalue weighted by Crippen LogP contribution is -2.19. The largest absolute Gasteiger partial charge is 0.456 e. The molecule has 0 unspecified atom stereocenters. The molecule has 3 aromatic carbocycles. The minimum absolute atomic E-state index is 0.0433. The van der Waals surface area contributed by atoms with Crippen molar-refractivity contribution in [2.24, 2.45) is 4.99 Å². The van der Waals surface area contributed by atoms with Crippen LogP contribution in [0.4, 0.5) is 11.4 Å². The summed E-state index contributed by atoms with van der Waals surface area (Å²) < 4.78 is 5.76. The molecule has 10 heteroatoms. The number of non-ortho nitro benzene ring substituents is 1. The van der Waals surface area contributed by atoms with Crippen LogP contribution in [0.15, 0.2) is 76.6 Å². The van der Waals surface area contributed by atoms with E-state index in [2.05, 4.69) is 10.3 Å². The lowest BCUT2D eigenvalue weighted by molar-refractivity contribution is -0.384. The second-order valence-corrected chi connectivity index (χ2v) is 8.15. The van der Waals surface area contributed by atoms with Crippen LogP contribution in [0.25, 0.3) is 6.08 Å². The zero-order valence-electron chi connectivity index (χ0n) is 16.7. The predicted octanol–water partition coefficient (Wildman–Crippen LogP) is 5.80. The first kappa shape index (κ1) is 22.1. The zero-order chi connectivity index (χ0) is 23.4. The predicted molar refractivity (Wildman–Crippen MR) is 127 cm³/mol. The van der Waals surface area contributed by atoms with Gasteiger partial charge in [-0.3, -0.25) is 14.9 Å². The Kier molecular flexibility index (Phi) is 6.40. The van der Waals surface area contributed by atoms with Crippen molar-refractivity contribution in [3.63, 3.8) is 0 Å². The number of amidine groups is 1. The van der Waals surface area contributed by atoms with Crippen molar-refractivity contribution in [2.75, 3.05) is 0 Å². The number of hydrogen-bond donors (Lipinski definition) is 1. The van der Waals surface area contributed by atoms with E-state index in [9.17, 15) is 20.2 Å². The average Bonchev–Trinajstić information content (AvgIpc) is 3.14. The third kappa shape index (κ3) is 5.38. The second kappa shape index (κ2) is 9.56. The standard InChI is InChI=1S/C23H13ClN4O4S/c24-16-4-6-17(7-5-16)26-23-27-22(29)21(33-23)11-14-2-1-3-19(10-14)32-20-9-8-18(28(30)31)12-15(20)13-25/h1-12H,(H,26,27,29)/b21-11-. The minimum Gasteiger partial charge on any atom is -0.456 e. The number of thioether (sulfide) groups is 1. The Balaban J connectivity index is 1.54. The molecule has 8 nitrogen and oxygen atoms in total. The van der Waals surface area contributed by atoms with E-state index in [0.29, 0.717) is 32.1 Å². The summed E-state index contributed by atoms with van der Waals surface area (Å²) in [5.74, 6) is 0.326. The van der Waals surface area contributed by atoms with E-state index in [0.717, 1.165) is 6.07 Å². The molecule has 0 aromatic heterocycles. The summed E-state index contributed by atoms with van der Waals surface area (Å²) in [5, 5.41) is 24.0. The van der Waals surface area contributed by atoms with Crippen LogP contribution in [0, 0.1) is 21.4 Å². The second-order valence-electron chi connectivity index (χ2n) is 6.68. The molecule has 0 aliphatic carbocycles. The van der Waals surface area contributed by atoms with Gasteiger partial charge < -0.3 is 10.1 Å². The first-order valence-electron chi connectivity index (χ1n) is 9.43. The molecule has 0 atom stereocenters. The molecule has 1 amide bonds. The van der Waals surface area contributed by atoms with E-state index in [4.69, 9.17) is 16.3 Å².